The number of rotatable bonds is 5. The molecule has 0 aromatic heterocycles. The van der Waals surface area contributed by atoms with Gasteiger partial charge >= 0.3 is 0 Å². The second-order valence-electron chi connectivity index (χ2n) is 6.91. The third-order valence-electron chi connectivity index (χ3n) is 4.83. The number of hydrogen-bond donors (Lipinski definition) is 2. The van der Waals surface area contributed by atoms with Gasteiger partial charge in [0.05, 0.1) is 6.54 Å². The van der Waals surface area contributed by atoms with Gasteiger partial charge in [0.1, 0.15) is 0 Å². The predicted octanol–water partition coefficient (Wildman–Crippen LogP) is 3.94. The van der Waals surface area contributed by atoms with Crippen LogP contribution < -0.4 is 10.6 Å². The molecule has 0 radical (unpaired) electrons. The number of para-hydroxylation sites is 1. The summed E-state index contributed by atoms with van der Waals surface area (Å²) in [6.45, 7) is 3.72. The summed E-state index contributed by atoms with van der Waals surface area (Å²) in [5.41, 5.74) is 2.54. The van der Waals surface area contributed by atoms with Crippen molar-refractivity contribution in [3.63, 3.8) is 0 Å². The van der Waals surface area contributed by atoms with Gasteiger partial charge in [0.15, 0.2) is 0 Å². The number of anilines is 2. The Morgan fingerprint density at radius 3 is 2.44 bits per heavy atom. The van der Waals surface area contributed by atoms with Gasteiger partial charge in [-0.2, -0.15) is 0 Å². The fourth-order valence-electron chi connectivity index (χ4n) is 3.28. The Bertz CT molecular complexity index is 802. The summed E-state index contributed by atoms with van der Waals surface area (Å²) in [7, 11) is 0. The molecule has 0 atom stereocenters. The van der Waals surface area contributed by atoms with Crippen molar-refractivity contribution in [1.29, 1.82) is 0 Å². The molecule has 6 heteroatoms. The zero-order valence-electron chi connectivity index (χ0n) is 15.4. The number of hydrogen-bond acceptors (Lipinski definition) is 3. The van der Waals surface area contributed by atoms with E-state index in [2.05, 4.69) is 15.5 Å². The van der Waals surface area contributed by atoms with Crippen LogP contribution in [0.4, 0.5) is 11.4 Å². The van der Waals surface area contributed by atoms with Crippen LogP contribution in [-0.4, -0.2) is 36.3 Å². The number of carbonyl (C=O) groups is 2. The van der Waals surface area contributed by atoms with Gasteiger partial charge < -0.3 is 10.6 Å². The van der Waals surface area contributed by atoms with Gasteiger partial charge in [-0.1, -0.05) is 29.8 Å². The average molecular weight is 386 g/mol. The molecule has 2 amide bonds. The Morgan fingerprint density at radius 2 is 1.78 bits per heavy atom. The quantitative estimate of drug-likeness (QED) is 0.819. The van der Waals surface area contributed by atoms with Crippen molar-refractivity contribution < 1.29 is 9.59 Å². The predicted molar refractivity (Wildman–Crippen MR) is 109 cm³/mol. The Kier molecular flexibility index (Phi) is 6.48. The molecule has 1 heterocycles. The van der Waals surface area contributed by atoms with Crippen molar-refractivity contribution in [3.8, 4) is 0 Å². The number of nitrogens with zero attached hydrogens (tertiary/aromatic N) is 1. The molecule has 2 aromatic carbocycles. The van der Waals surface area contributed by atoms with Gasteiger partial charge in [0.2, 0.25) is 11.8 Å². The number of likely N-dealkylation sites (tertiary alicyclic amines) is 1. The molecule has 0 aliphatic carbocycles. The molecule has 5 nitrogen and oxygen atoms in total. The first-order valence-corrected chi connectivity index (χ1v) is 9.53. The lowest BCUT2D eigenvalue weighted by molar-refractivity contribution is -0.121. The molecule has 1 aliphatic rings. The topological polar surface area (TPSA) is 61.4 Å². The summed E-state index contributed by atoms with van der Waals surface area (Å²) in [6, 6.07) is 14.9. The first kappa shape index (κ1) is 19.4. The van der Waals surface area contributed by atoms with E-state index in [1.165, 1.54) is 0 Å². The molecule has 3 rings (SSSR count). The lowest BCUT2D eigenvalue weighted by Gasteiger charge is -2.30. The van der Waals surface area contributed by atoms with E-state index >= 15 is 0 Å². The fourth-order valence-corrected chi connectivity index (χ4v) is 3.51. The van der Waals surface area contributed by atoms with E-state index in [4.69, 9.17) is 11.6 Å². The van der Waals surface area contributed by atoms with Crippen molar-refractivity contribution in [1.82, 2.24) is 4.90 Å². The van der Waals surface area contributed by atoms with E-state index in [1.54, 1.807) is 6.07 Å². The molecule has 2 N–H and O–H groups in total. The monoisotopic (exact) mass is 385 g/mol. The van der Waals surface area contributed by atoms with E-state index < -0.39 is 0 Å². The van der Waals surface area contributed by atoms with Crippen LogP contribution in [0.5, 0.6) is 0 Å². The summed E-state index contributed by atoms with van der Waals surface area (Å²) in [6.07, 6.45) is 1.51. The lowest BCUT2D eigenvalue weighted by Crippen LogP contribution is -2.41. The molecule has 1 saturated heterocycles. The van der Waals surface area contributed by atoms with Gasteiger partial charge in [-0.05, 0) is 68.8 Å². The van der Waals surface area contributed by atoms with E-state index in [0.29, 0.717) is 11.6 Å². The maximum Gasteiger partial charge on any atom is 0.238 e. The summed E-state index contributed by atoms with van der Waals surface area (Å²) in [5.74, 6) is -0.00210. The largest absolute Gasteiger partial charge is 0.326 e. The van der Waals surface area contributed by atoms with Gasteiger partial charge in [-0.25, -0.2) is 0 Å². The number of amides is 2. The van der Waals surface area contributed by atoms with Gasteiger partial charge in [0.25, 0.3) is 0 Å². The number of piperidine rings is 1. The maximum absolute atomic E-state index is 12.4. The molecule has 2 aromatic rings. The van der Waals surface area contributed by atoms with Crippen LogP contribution in [0.25, 0.3) is 0 Å². The number of halogens is 1. The molecule has 1 fully saturated rings. The zero-order valence-corrected chi connectivity index (χ0v) is 16.1. The van der Waals surface area contributed by atoms with Gasteiger partial charge in [-0.15, -0.1) is 0 Å². The fraction of sp³-hybridized carbons (Fsp3) is 0.333. The molecule has 0 unspecified atom stereocenters. The van der Waals surface area contributed by atoms with Crippen LogP contribution in [-0.2, 0) is 9.59 Å². The molecule has 142 valence electrons. The maximum atomic E-state index is 12.4. The van der Waals surface area contributed by atoms with Crippen LogP contribution in [0.3, 0.4) is 0 Å². The normalized spacial score (nSPS) is 15.3. The van der Waals surface area contributed by atoms with E-state index in [0.717, 1.165) is 42.9 Å². The van der Waals surface area contributed by atoms with Crippen LogP contribution in [0.2, 0.25) is 5.02 Å². The highest BCUT2D eigenvalue weighted by atomic mass is 35.5. The van der Waals surface area contributed by atoms with Gasteiger partial charge in [-0.3, -0.25) is 14.5 Å². The Morgan fingerprint density at radius 1 is 1.07 bits per heavy atom. The van der Waals surface area contributed by atoms with E-state index in [9.17, 15) is 9.59 Å². The van der Waals surface area contributed by atoms with Crippen LogP contribution >= 0.6 is 11.6 Å². The number of nitrogens with one attached hydrogen (secondary N) is 2. The smallest absolute Gasteiger partial charge is 0.238 e. The summed E-state index contributed by atoms with van der Waals surface area (Å²) >= 11 is 5.95. The standard InChI is InChI=1S/C21H24ClN3O2/c1-15-13-17(22)7-8-19(15)24-20(26)14-25-11-9-16(10-12-25)21(27)23-18-5-3-2-4-6-18/h2-8,13,16H,9-12,14H2,1H3,(H,23,27)(H,24,26). The number of aryl methyl sites for hydroxylation is 1. The van der Waals surface area contributed by atoms with Crippen molar-refractivity contribution in [2.75, 3.05) is 30.3 Å². The van der Waals surface area contributed by atoms with Crippen molar-refractivity contribution in [2.24, 2.45) is 5.92 Å². The highest BCUT2D eigenvalue weighted by molar-refractivity contribution is 6.30. The highest BCUT2D eigenvalue weighted by Gasteiger charge is 2.26. The minimum Gasteiger partial charge on any atom is -0.326 e. The second-order valence-corrected chi connectivity index (χ2v) is 7.35. The lowest BCUT2D eigenvalue weighted by atomic mass is 9.96. The second kappa shape index (κ2) is 9.02. The SMILES string of the molecule is Cc1cc(Cl)ccc1NC(=O)CN1CCC(C(=O)Nc2ccccc2)CC1. The Labute approximate surface area is 164 Å². The molecule has 0 bridgehead atoms. The van der Waals surface area contributed by atoms with E-state index in [1.807, 2.05) is 49.4 Å². The minimum atomic E-state index is -0.0485. The molecule has 27 heavy (non-hydrogen) atoms. The van der Waals surface area contributed by atoms with Crippen molar-refractivity contribution in [2.45, 2.75) is 19.8 Å². The van der Waals surface area contributed by atoms with Crippen LogP contribution in [0, 0.1) is 12.8 Å². The number of benzene rings is 2. The highest BCUT2D eigenvalue weighted by Crippen LogP contribution is 2.21. The number of carbonyl (C=O) groups excluding carboxylic acids is 2. The molecular weight excluding hydrogens is 362 g/mol. The van der Waals surface area contributed by atoms with Crippen molar-refractivity contribution in [3.05, 3.63) is 59.1 Å². The minimum absolute atomic E-state index is 0.0111. The molecule has 0 spiro atoms. The summed E-state index contributed by atoms with van der Waals surface area (Å²) in [5, 5.41) is 6.55. The molecule has 0 saturated carbocycles. The first-order valence-electron chi connectivity index (χ1n) is 9.15. The molecule has 1 aliphatic heterocycles. The van der Waals surface area contributed by atoms with Gasteiger partial charge in [0, 0.05) is 22.3 Å². The zero-order chi connectivity index (χ0) is 19.2. The van der Waals surface area contributed by atoms with E-state index in [-0.39, 0.29) is 17.7 Å². The van der Waals surface area contributed by atoms with Crippen LogP contribution in [0.1, 0.15) is 18.4 Å². The Balaban J connectivity index is 1.45. The molecular formula is C21H24ClN3O2. The Hall–Kier alpha value is -2.37. The third-order valence-corrected chi connectivity index (χ3v) is 5.06. The third kappa shape index (κ3) is 5.55. The summed E-state index contributed by atoms with van der Waals surface area (Å²) in [4.78, 5) is 26.8. The van der Waals surface area contributed by atoms with Crippen LogP contribution in [0.15, 0.2) is 48.5 Å². The average Bonchev–Trinajstić information content (AvgIpc) is 2.65. The first-order chi connectivity index (χ1) is 13.0. The van der Waals surface area contributed by atoms with Crippen molar-refractivity contribution >= 4 is 34.8 Å². The summed E-state index contributed by atoms with van der Waals surface area (Å²) < 4.78 is 0.